The first-order chi connectivity index (χ1) is 17.5. The quantitative estimate of drug-likeness (QED) is 0.109. The number of hydrogen-bond donors (Lipinski definition) is 0. The van der Waals surface area contributed by atoms with E-state index in [2.05, 4.69) is 10.0 Å². The third-order valence-electron chi connectivity index (χ3n) is 5.10. The van der Waals surface area contributed by atoms with E-state index in [9.17, 15) is 41.5 Å². The Morgan fingerprint density at radius 3 is 1.62 bits per heavy atom. The standard InChI is InChI=1S/C22H9F4N5O6/c23-17-12(18(24)20(26)21(19(17)25)28-29-27)8-37-22(36)9-5-10(30-13(32)1-2-14(30)33)7-11(6-9)31-15(34)3-4-16(31)35/h1-7H,8H2. The van der Waals surface area contributed by atoms with E-state index in [0.29, 0.717) is 9.80 Å². The molecule has 2 aromatic rings. The molecule has 0 saturated carbocycles. The van der Waals surface area contributed by atoms with Gasteiger partial charge in [-0.1, -0.05) is 5.11 Å². The van der Waals surface area contributed by atoms with Crippen molar-refractivity contribution in [1.82, 2.24) is 0 Å². The summed E-state index contributed by atoms with van der Waals surface area (Å²) in [7, 11) is 0. The van der Waals surface area contributed by atoms with Gasteiger partial charge in [-0.25, -0.2) is 32.2 Å². The Bertz CT molecular complexity index is 1420. The molecule has 0 atom stereocenters. The summed E-state index contributed by atoms with van der Waals surface area (Å²) in [6.45, 7) is -1.34. The first-order valence-electron chi connectivity index (χ1n) is 9.89. The molecule has 37 heavy (non-hydrogen) atoms. The van der Waals surface area contributed by atoms with Gasteiger partial charge in [0.1, 0.15) is 12.3 Å². The third kappa shape index (κ3) is 4.30. The van der Waals surface area contributed by atoms with Crippen molar-refractivity contribution in [1.29, 1.82) is 0 Å². The Morgan fingerprint density at radius 2 is 1.22 bits per heavy atom. The first-order valence-corrected chi connectivity index (χ1v) is 9.89. The van der Waals surface area contributed by atoms with Crippen LogP contribution in [0.2, 0.25) is 0 Å². The Morgan fingerprint density at radius 1 is 0.784 bits per heavy atom. The molecule has 0 bridgehead atoms. The number of nitrogens with zero attached hydrogens (tertiary/aromatic N) is 5. The number of carbonyl (C=O) groups excluding carboxylic acids is 5. The van der Waals surface area contributed by atoms with Gasteiger partial charge in [-0.05, 0) is 23.7 Å². The number of imide groups is 2. The van der Waals surface area contributed by atoms with Gasteiger partial charge < -0.3 is 4.74 Å². The van der Waals surface area contributed by atoms with Crippen LogP contribution >= 0.6 is 0 Å². The van der Waals surface area contributed by atoms with Crippen molar-refractivity contribution >= 4 is 46.7 Å². The van der Waals surface area contributed by atoms with Crippen LogP contribution in [0.1, 0.15) is 15.9 Å². The summed E-state index contributed by atoms with van der Waals surface area (Å²) in [6.07, 6.45) is 3.70. The second-order valence-electron chi connectivity index (χ2n) is 7.28. The zero-order valence-electron chi connectivity index (χ0n) is 17.9. The molecule has 0 aromatic heterocycles. The van der Waals surface area contributed by atoms with Crippen LogP contribution in [-0.2, 0) is 30.5 Å². The second-order valence-corrected chi connectivity index (χ2v) is 7.28. The maximum Gasteiger partial charge on any atom is 0.338 e. The number of esters is 1. The highest BCUT2D eigenvalue weighted by atomic mass is 19.2. The molecule has 186 valence electrons. The van der Waals surface area contributed by atoms with Crippen LogP contribution in [0.3, 0.4) is 0 Å². The lowest BCUT2D eigenvalue weighted by atomic mass is 10.1. The van der Waals surface area contributed by atoms with Crippen molar-refractivity contribution in [2.45, 2.75) is 6.61 Å². The van der Waals surface area contributed by atoms with Crippen LogP contribution in [0.5, 0.6) is 0 Å². The Labute approximate surface area is 202 Å². The largest absolute Gasteiger partial charge is 0.457 e. The minimum Gasteiger partial charge on any atom is -0.457 e. The summed E-state index contributed by atoms with van der Waals surface area (Å²) in [5.74, 6) is -12.6. The summed E-state index contributed by atoms with van der Waals surface area (Å²) in [6, 6.07) is 2.98. The van der Waals surface area contributed by atoms with Crippen molar-refractivity contribution in [2.75, 3.05) is 9.80 Å². The van der Waals surface area contributed by atoms with Crippen LogP contribution < -0.4 is 9.80 Å². The number of rotatable bonds is 6. The number of carbonyl (C=O) groups is 5. The topological polar surface area (TPSA) is 150 Å². The van der Waals surface area contributed by atoms with E-state index in [1.165, 1.54) is 0 Å². The van der Waals surface area contributed by atoms with Gasteiger partial charge >= 0.3 is 5.97 Å². The molecule has 0 unspecified atom stereocenters. The first kappa shape index (κ1) is 24.8. The van der Waals surface area contributed by atoms with E-state index in [1.54, 1.807) is 0 Å². The second kappa shape index (κ2) is 9.39. The summed E-state index contributed by atoms with van der Waals surface area (Å²) in [4.78, 5) is 64.4. The normalized spacial score (nSPS) is 14.6. The summed E-state index contributed by atoms with van der Waals surface area (Å²) >= 11 is 0. The van der Waals surface area contributed by atoms with Crippen molar-refractivity contribution in [3.05, 3.63) is 87.3 Å². The van der Waals surface area contributed by atoms with E-state index in [1.807, 2.05) is 0 Å². The fourth-order valence-electron chi connectivity index (χ4n) is 3.43. The lowest BCUT2D eigenvalue weighted by Crippen LogP contribution is -2.32. The van der Waals surface area contributed by atoms with Crippen molar-refractivity contribution in [2.24, 2.45) is 5.11 Å². The van der Waals surface area contributed by atoms with E-state index in [0.717, 1.165) is 42.5 Å². The fraction of sp³-hybridized carbons (Fsp3) is 0.0455. The van der Waals surface area contributed by atoms with Crippen molar-refractivity contribution in [3.8, 4) is 0 Å². The highest BCUT2D eigenvalue weighted by Gasteiger charge is 2.31. The molecular formula is C22H9F4N5O6. The van der Waals surface area contributed by atoms with Crippen LogP contribution in [0.15, 0.2) is 47.6 Å². The van der Waals surface area contributed by atoms with Crippen molar-refractivity contribution < 1.29 is 46.3 Å². The van der Waals surface area contributed by atoms with Gasteiger partial charge in [-0.3, -0.25) is 19.2 Å². The smallest absolute Gasteiger partial charge is 0.338 e. The number of anilines is 2. The SMILES string of the molecule is [N-]=[N+]=Nc1c(F)c(F)c(COC(=O)c2cc(N3C(=O)C=CC3=O)cc(N3C(=O)C=CC3=O)c2)c(F)c1F. The molecule has 2 heterocycles. The summed E-state index contributed by atoms with van der Waals surface area (Å²) in [5.41, 5.74) is 4.37. The highest BCUT2D eigenvalue weighted by molar-refractivity contribution is 6.30. The maximum atomic E-state index is 14.3. The zero-order chi connectivity index (χ0) is 27.0. The van der Waals surface area contributed by atoms with E-state index >= 15 is 0 Å². The van der Waals surface area contributed by atoms with Gasteiger partial charge in [0.2, 0.25) is 0 Å². The number of azide groups is 1. The molecule has 4 rings (SSSR count). The van der Waals surface area contributed by atoms with Gasteiger partial charge in [0, 0.05) is 29.2 Å². The molecule has 15 heteroatoms. The van der Waals surface area contributed by atoms with Gasteiger partial charge in [0.05, 0.1) is 22.5 Å². The number of ether oxygens (including phenoxy) is 1. The van der Waals surface area contributed by atoms with Crippen LogP contribution in [-0.4, -0.2) is 29.6 Å². The van der Waals surface area contributed by atoms with Gasteiger partial charge in [0.25, 0.3) is 23.6 Å². The summed E-state index contributed by atoms with van der Waals surface area (Å²) < 4.78 is 61.3. The Balaban J connectivity index is 1.70. The van der Waals surface area contributed by atoms with Gasteiger partial charge in [0.15, 0.2) is 23.3 Å². The molecule has 2 aromatic carbocycles. The average molecular weight is 515 g/mol. The van der Waals surface area contributed by atoms with Gasteiger partial charge in [-0.2, -0.15) is 0 Å². The highest BCUT2D eigenvalue weighted by Crippen LogP contribution is 2.32. The lowest BCUT2D eigenvalue weighted by molar-refractivity contribution is -0.121. The molecule has 0 saturated heterocycles. The molecule has 0 radical (unpaired) electrons. The van der Waals surface area contributed by atoms with Crippen molar-refractivity contribution in [3.63, 3.8) is 0 Å². The molecule has 11 nitrogen and oxygen atoms in total. The summed E-state index contributed by atoms with van der Waals surface area (Å²) in [5, 5.41) is 2.54. The van der Waals surface area contributed by atoms with E-state index in [-0.39, 0.29) is 11.4 Å². The molecule has 2 aliphatic rings. The minimum absolute atomic E-state index is 0.259. The Hall–Kier alpha value is -5.30. The molecule has 0 N–H and O–H groups in total. The number of amides is 4. The number of benzene rings is 2. The fourth-order valence-corrected chi connectivity index (χ4v) is 3.43. The number of halogens is 4. The maximum absolute atomic E-state index is 14.3. The zero-order valence-corrected chi connectivity index (χ0v) is 17.9. The molecule has 4 amide bonds. The predicted octanol–water partition coefficient (Wildman–Crippen LogP) is 3.40. The predicted molar refractivity (Wildman–Crippen MR) is 114 cm³/mol. The molecule has 0 fully saturated rings. The van der Waals surface area contributed by atoms with Crippen LogP contribution in [0.4, 0.5) is 34.6 Å². The average Bonchev–Trinajstić information content (AvgIpc) is 3.39. The monoisotopic (exact) mass is 515 g/mol. The Kier molecular flexibility index (Phi) is 6.30. The van der Waals surface area contributed by atoms with Gasteiger partial charge in [-0.15, -0.1) is 0 Å². The minimum atomic E-state index is -2.02. The van der Waals surface area contributed by atoms with E-state index in [4.69, 9.17) is 10.3 Å². The van der Waals surface area contributed by atoms with Crippen LogP contribution in [0.25, 0.3) is 10.4 Å². The van der Waals surface area contributed by atoms with Crippen LogP contribution in [0, 0.1) is 23.3 Å². The number of hydrogen-bond acceptors (Lipinski definition) is 7. The molecule has 0 spiro atoms. The molecule has 0 aliphatic carbocycles. The third-order valence-corrected chi connectivity index (χ3v) is 5.10. The molecule has 2 aliphatic heterocycles. The lowest BCUT2D eigenvalue weighted by Gasteiger charge is -2.20. The molecular weight excluding hydrogens is 506 g/mol. The van der Waals surface area contributed by atoms with E-state index < -0.39 is 76.3 Å².